The van der Waals surface area contributed by atoms with E-state index in [2.05, 4.69) is 5.48 Å². The van der Waals surface area contributed by atoms with Crippen molar-refractivity contribution in [1.29, 1.82) is 0 Å². The molecule has 0 aromatic rings. The molecule has 0 spiro atoms. The second-order valence-corrected chi connectivity index (χ2v) is 4.78. The van der Waals surface area contributed by atoms with E-state index in [1.165, 1.54) is 0 Å². The zero-order chi connectivity index (χ0) is 10.9. The molecule has 1 atom stereocenters. The average Bonchev–Trinajstić information content (AvgIpc) is 2.16. The summed E-state index contributed by atoms with van der Waals surface area (Å²) in [5.41, 5.74) is 7.65. The van der Waals surface area contributed by atoms with Crippen molar-refractivity contribution < 1.29 is 49.8 Å². The fourth-order valence-electron chi connectivity index (χ4n) is 0.692. The molecule has 0 aromatic carbocycles. The van der Waals surface area contributed by atoms with E-state index in [0.29, 0.717) is 19.7 Å². The molecule has 6 nitrogen and oxygen atoms in total. The van der Waals surface area contributed by atoms with Crippen LogP contribution in [0.4, 0.5) is 0 Å². The molecule has 1 unspecified atom stereocenters. The van der Waals surface area contributed by atoms with Gasteiger partial charge in [0, 0.05) is 13.1 Å². The van der Waals surface area contributed by atoms with Crippen molar-refractivity contribution in [3.8, 4) is 0 Å². The minimum absolute atomic E-state index is 0. The van der Waals surface area contributed by atoms with Crippen LogP contribution in [0.3, 0.4) is 0 Å². The molecule has 0 saturated heterocycles. The van der Waals surface area contributed by atoms with E-state index in [0.717, 1.165) is 6.42 Å². The number of hydrogen-bond donors (Lipinski definition) is 3. The van der Waals surface area contributed by atoms with E-state index < -0.39 is 7.60 Å². The first-order chi connectivity index (χ1) is 6.68. The third kappa shape index (κ3) is 9.93. The van der Waals surface area contributed by atoms with Crippen LogP contribution in [0, 0.1) is 0 Å². The van der Waals surface area contributed by atoms with Gasteiger partial charge in [-0.05, 0) is 6.42 Å². The van der Waals surface area contributed by atoms with Crippen LogP contribution in [0.25, 0.3) is 0 Å². The van der Waals surface area contributed by atoms with E-state index >= 15 is 0 Å². The summed E-state index contributed by atoms with van der Waals surface area (Å²) < 4.78 is 21.6. The zero-order valence-corrected chi connectivity index (χ0v) is 12.3. The van der Waals surface area contributed by atoms with E-state index in [-0.39, 0.29) is 43.8 Å². The molecule has 0 radical (unpaired) electrons. The second kappa shape index (κ2) is 11.5. The van der Waals surface area contributed by atoms with Gasteiger partial charge in [0.25, 0.3) is 0 Å². The maximum atomic E-state index is 11.7. The Kier molecular flexibility index (Phi) is 14.1. The summed E-state index contributed by atoms with van der Waals surface area (Å²) in [5.74, 6) is 0. The van der Waals surface area contributed by atoms with Crippen LogP contribution in [-0.2, 0) is 13.7 Å². The number of aliphatic hydroxyl groups is 1. The van der Waals surface area contributed by atoms with Crippen LogP contribution in [0.2, 0.25) is 0 Å². The molecule has 0 amide bonds. The molecule has 0 heterocycles. The maximum absolute atomic E-state index is 11.7. The number of hydrogen-bond acceptors (Lipinski definition) is 6. The predicted molar refractivity (Wildman–Crippen MR) is 55.1 cm³/mol. The number of hydroxylamine groups is 1. The van der Waals surface area contributed by atoms with Crippen molar-refractivity contribution in [1.82, 2.24) is 5.48 Å². The molecular weight excluding hydrogens is 230 g/mol. The van der Waals surface area contributed by atoms with Gasteiger partial charge in [-0.2, -0.15) is 5.48 Å². The second-order valence-electron chi connectivity index (χ2n) is 2.67. The molecule has 0 saturated carbocycles. The predicted octanol–water partition coefficient (Wildman–Crippen LogP) is -2.81. The van der Waals surface area contributed by atoms with Crippen molar-refractivity contribution in [2.24, 2.45) is 5.73 Å². The smallest absolute Gasteiger partial charge is 1.00 e. The van der Waals surface area contributed by atoms with Gasteiger partial charge in [0.05, 0.1) is 19.4 Å². The summed E-state index contributed by atoms with van der Waals surface area (Å²) in [5, 5.41) is 8.67. The molecule has 0 bridgehead atoms. The van der Waals surface area contributed by atoms with Gasteiger partial charge in [-0.25, -0.2) is 4.62 Å². The van der Waals surface area contributed by atoms with Gasteiger partial charge in [0.2, 0.25) is 0 Å². The molecule has 8 heteroatoms. The topological polar surface area (TPSA) is 93.8 Å². The van der Waals surface area contributed by atoms with Crippen LogP contribution in [0.1, 0.15) is 14.8 Å². The number of aliphatic hydroxyl groups excluding tert-OH is 1. The Balaban J connectivity index is -0.000000845. The Morgan fingerprint density at radius 1 is 1.60 bits per heavy atom. The van der Waals surface area contributed by atoms with Crippen molar-refractivity contribution in [3.05, 3.63) is 0 Å². The van der Waals surface area contributed by atoms with Crippen molar-refractivity contribution in [2.45, 2.75) is 13.3 Å². The Bertz CT molecular complexity index is 190. The minimum Gasteiger partial charge on any atom is -1.00 e. The summed E-state index contributed by atoms with van der Waals surface area (Å²) >= 11 is 0. The van der Waals surface area contributed by atoms with Gasteiger partial charge < -0.3 is 16.8 Å². The Morgan fingerprint density at radius 2 is 2.27 bits per heavy atom. The largest absolute Gasteiger partial charge is 1.00 e. The molecular formula is C7H20N2NaO4P. The van der Waals surface area contributed by atoms with Crippen molar-refractivity contribution in [3.63, 3.8) is 0 Å². The maximum Gasteiger partial charge on any atom is 1.00 e. The first kappa shape index (κ1) is 18.4. The standard InChI is InChI=1S/C7H19N2O4P.Na.H/c1-2-6-12-14(11,7-5-10)13-9-4-3-8;;/h9-10H,2-8H2,1H3;;/q;+1;-1. The van der Waals surface area contributed by atoms with Crippen molar-refractivity contribution in [2.75, 3.05) is 32.5 Å². The molecule has 0 aliphatic heterocycles. The quantitative estimate of drug-likeness (QED) is 0.177. The summed E-state index contributed by atoms with van der Waals surface area (Å²) in [6.07, 6.45) is 0.736. The Labute approximate surface area is 114 Å². The van der Waals surface area contributed by atoms with Gasteiger partial charge in [-0.3, -0.25) is 4.57 Å². The van der Waals surface area contributed by atoms with Crippen LogP contribution in [-0.4, -0.2) is 37.6 Å². The molecule has 15 heavy (non-hydrogen) atoms. The minimum atomic E-state index is -3.18. The Hall–Kier alpha value is 1.03. The van der Waals surface area contributed by atoms with Crippen LogP contribution in [0.15, 0.2) is 0 Å². The fraction of sp³-hybridized carbons (Fsp3) is 1.00. The Morgan fingerprint density at radius 3 is 2.73 bits per heavy atom. The van der Waals surface area contributed by atoms with Gasteiger partial charge in [0.15, 0.2) is 0 Å². The molecule has 0 aliphatic carbocycles. The molecule has 0 rings (SSSR count). The first-order valence-electron chi connectivity index (χ1n) is 4.64. The summed E-state index contributed by atoms with van der Waals surface area (Å²) in [6.45, 7) is 2.79. The molecule has 0 aromatic heterocycles. The van der Waals surface area contributed by atoms with Crippen LogP contribution in [0.5, 0.6) is 0 Å². The zero-order valence-electron chi connectivity index (χ0n) is 10.4. The number of nitrogens with two attached hydrogens (primary N) is 1. The number of nitrogens with one attached hydrogen (secondary N) is 1. The van der Waals surface area contributed by atoms with Crippen molar-refractivity contribution >= 4 is 7.60 Å². The third-order valence-electron chi connectivity index (χ3n) is 1.32. The van der Waals surface area contributed by atoms with E-state index in [4.69, 9.17) is 20.0 Å². The van der Waals surface area contributed by atoms with Gasteiger partial charge in [-0.15, -0.1) is 0 Å². The fourth-order valence-corrected chi connectivity index (χ4v) is 1.96. The summed E-state index contributed by atoms with van der Waals surface area (Å²) in [7, 11) is -3.18. The molecule has 0 aliphatic rings. The van der Waals surface area contributed by atoms with E-state index in [1.807, 2.05) is 6.92 Å². The third-order valence-corrected chi connectivity index (χ3v) is 3.05. The van der Waals surface area contributed by atoms with Gasteiger partial charge in [-0.1, -0.05) is 6.92 Å². The van der Waals surface area contributed by atoms with E-state index in [9.17, 15) is 4.57 Å². The van der Waals surface area contributed by atoms with Gasteiger partial charge in [0.1, 0.15) is 0 Å². The monoisotopic (exact) mass is 250 g/mol. The first-order valence-corrected chi connectivity index (χ1v) is 6.37. The van der Waals surface area contributed by atoms with E-state index in [1.54, 1.807) is 0 Å². The van der Waals surface area contributed by atoms with Crippen LogP contribution < -0.4 is 40.8 Å². The summed E-state index contributed by atoms with van der Waals surface area (Å²) in [4.78, 5) is 0. The summed E-state index contributed by atoms with van der Waals surface area (Å²) in [6, 6.07) is 0. The normalized spacial score (nSPS) is 14.3. The van der Waals surface area contributed by atoms with Gasteiger partial charge >= 0.3 is 37.2 Å². The SMILES string of the molecule is CCCOP(=O)(CCO)ONCCN.[H-].[Na+]. The molecule has 88 valence electrons. The molecule has 4 N–H and O–H groups in total. The van der Waals surface area contributed by atoms with Crippen LogP contribution >= 0.6 is 7.60 Å². The number of rotatable bonds is 9. The molecule has 0 fully saturated rings. The average molecular weight is 250 g/mol.